The zero-order chi connectivity index (χ0) is 11.6. The predicted molar refractivity (Wildman–Crippen MR) is 54.9 cm³/mol. The van der Waals surface area contributed by atoms with Gasteiger partial charge in [0.05, 0.1) is 5.54 Å². The summed E-state index contributed by atoms with van der Waals surface area (Å²) in [5, 5.41) is 4.08. The Morgan fingerprint density at radius 3 is 2.60 bits per heavy atom. The number of aromatic nitrogens is 2. The van der Waals surface area contributed by atoms with Gasteiger partial charge in [-0.05, 0) is 26.8 Å². The van der Waals surface area contributed by atoms with Gasteiger partial charge >= 0.3 is 0 Å². The Hall–Kier alpha value is -0.970. The maximum atomic E-state index is 12.6. The lowest BCUT2D eigenvalue weighted by Gasteiger charge is -2.24. The van der Waals surface area contributed by atoms with E-state index < -0.39 is 12.0 Å². The Bertz CT molecular complexity index is 318. The number of rotatable bonds is 4. The van der Waals surface area contributed by atoms with Crippen LogP contribution in [0.4, 0.5) is 8.78 Å². The van der Waals surface area contributed by atoms with Crippen LogP contribution in [0.5, 0.6) is 0 Å². The molecule has 2 N–H and O–H groups in total. The molecule has 1 heterocycles. The molecule has 0 saturated carbocycles. The maximum Gasteiger partial charge on any atom is 0.256 e. The molecule has 0 bridgehead atoms. The van der Waals surface area contributed by atoms with Gasteiger partial charge in [0.15, 0.2) is 0 Å². The lowest BCUT2D eigenvalue weighted by molar-refractivity contribution is 0.0626. The SMILES string of the molecule is CC(C)n1nccc1CC(C)(N)C(F)F. The van der Waals surface area contributed by atoms with Crippen LogP contribution in [0.3, 0.4) is 0 Å². The van der Waals surface area contributed by atoms with Crippen molar-refractivity contribution in [3.8, 4) is 0 Å². The van der Waals surface area contributed by atoms with Crippen LogP contribution >= 0.6 is 0 Å². The Labute approximate surface area is 88.3 Å². The Balaban J connectivity index is 2.85. The van der Waals surface area contributed by atoms with Gasteiger partial charge in [-0.2, -0.15) is 5.10 Å². The molecule has 0 amide bonds. The average molecular weight is 217 g/mol. The fraction of sp³-hybridized carbons (Fsp3) is 0.700. The summed E-state index contributed by atoms with van der Waals surface area (Å²) in [6, 6.07) is 1.89. The molecule has 1 aromatic rings. The van der Waals surface area contributed by atoms with Crippen molar-refractivity contribution in [2.24, 2.45) is 5.73 Å². The van der Waals surface area contributed by atoms with E-state index in [0.29, 0.717) is 0 Å². The summed E-state index contributed by atoms with van der Waals surface area (Å²) >= 11 is 0. The molecule has 0 saturated heterocycles. The third-order valence-corrected chi connectivity index (χ3v) is 2.30. The number of nitrogens with two attached hydrogens (primary N) is 1. The molecular weight excluding hydrogens is 200 g/mol. The number of hydrogen-bond acceptors (Lipinski definition) is 2. The zero-order valence-corrected chi connectivity index (χ0v) is 9.24. The van der Waals surface area contributed by atoms with E-state index in [2.05, 4.69) is 5.10 Å². The van der Waals surface area contributed by atoms with Gasteiger partial charge in [-0.15, -0.1) is 0 Å². The highest BCUT2D eigenvalue weighted by Gasteiger charge is 2.31. The normalized spacial score (nSPS) is 16.0. The molecule has 3 nitrogen and oxygen atoms in total. The highest BCUT2D eigenvalue weighted by molar-refractivity contribution is 5.07. The van der Waals surface area contributed by atoms with Crippen LogP contribution in [0.25, 0.3) is 0 Å². The number of nitrogens with zero attached hydrogens (tertiary/aromatic N) is 2. The van der Waals surface area contributed by atoms with Gasteiger partial charge in [-0.3, -0.25) is 4.68 Å². The predicted octanol–water partition coefficient (Wildman–Crippen LogP) is 1.99. The molecule has 1 rings (SSSR count). The second-order valence-electron chi connectivity index (χ2n) is 4.34. The molecule has 0 aliphatic heterocycles. The van der Waals surface area contributed by atoms with Gasteiger partial charge in [0.2, 0.25) is 0 Å². The first kappa shape index (κ1) is 12.1. The molecule has 0 aromatic carbocycles. The Morgan fingerprint density at radius 2 is 2.13 bits per heavy atom. The van der Waals surface area contributed by atoms with E-state index in [0.717, 1.165) is 5.69 Å². The lowest BCUT2D eigenvalue weighted by Crippen LogP contribution is -2.46. The van der Waals surface area contributed by atoms with E-state index in [-0.39, 0.29) is 12.5 Å². The van der Waals surface area contributed by atoms with Crippen LogP contribution in [0, 0.1) is 0 Å². The van der Waals surface area contributed by atoms with E-state index in [4.69, 9.17) is 5.73 Å². The molecular formula is C10H17F2N3. The zero-order valence-electron chi connectivity index (χ0n) is 9.24. The van der Waals surface area contributed by atoms with Crippen molar-refractivity contribution >= 4 is 0 Å². The molecule has 0 aliphatic carbocycles. The van der Waals surface area contributed by atoms with Crippen molar-refractivity contribution < 1.29 is 8.78 Å². The van der Waals surface area contributed by atoms with Crippen LogP contribution in [0.1, 0.15) is 32.5 Å². The van der Waals surface area contributed by atoms with E-state index in [1.807, 2.05) is 13.8 Å². The van der Waals surface area contributed by atoms with Crippen molar-refractivity contribution in [3.63, 3.8) is 0 Å². The first-order valence-electron chi connectivity index (χ1n) is 4.94. The number of hydrogen-bond donors (Lipinski definition) is 1. The van der Waals surface area contributed by atoms with E-state index in [1.165, 1.54) is 6.92 Å². The maximum absolute atomic E-state index is 12.6. The van der Waals surface area contributed by atoms with E-state index >= 15 is 0 Å². The van der Waals surface area contributed by atoms with Crippen LogP contribution < -0.4 is 5.73 Å². The third-order valence-electron chi connectivity index (χ3n) is 2.30. The fourth-order valence-corrected chi connectivity index (χ4v) is 1.41. The van der Waals surface area contributed by atoms with Gasteiger partial charge < -0.3 is 5.73 Å². The number of alkyl halides is 2. The van der Waals surface area contributed by atoms with Crippen LogP contribution in [0.2, 0.25) is 0 Å². The summed E-state index contributed by atoms with van der Waals surface area (Å²) in [6.45, 7) is 5.26. The van der Waals surface area contributed by atoms with Crippen LogP contribution in [0.15, 0.2) is 12.3 Å². The summed E-state index contributed by atoms with van der Waals surface area (Å²) in [5.74, 6) is 0. The summed E-state index contributed by atoms with van der Waals surface area (Å²) in [5.41, 5.74) is 4.78. The van der Waals surface area contributed by atoms with Crippen LogP contribution in [-0.2, 0) is 6.42 Å². The second kappa shape index (κ2) is 4.26. The molecule has 1 unspecified atom stereocenters. The second-order valence-corrected chi connectivity index (χ2v) is 4.34. The monoisotopic (exact) mass is 217 g/mol. The van der Waals surface area contributed by atoms with Crippen molar-refractivity contribution in [2.75, 3.05) is 0 Å². The van der Waals surface area contributed by atoms with Crippen molar-refractivity contribution in [2.45, 2.75) is 45.2 Å². The summed E-state index contributed by atoms with van der Waals surface area (Å²) in [7, 11) is 0. The topological polar surface area (TPSA) is 43.8 Å². The lowest BCUT2D eigenvalue weighted by atomic mass is 9.98. The smallest absolute Gasteiger partial charge is 0.256 e. The summed E-state index contributed by atoms with van der Waals surface area (Å²) in [4.78, 5) is 0. The standard InChI is InChI=1S/C10H17F2N3/c1-7(2)15-8(4-5-14-15)6-10(3,13)9(11)12/h4-5,7,9H,6,13H2,1-3H3. The molecule has 15 heavy (non-hydrogen) atoms. The van der Waals surface area contributed by atoms with Crippen molar-refractivity contribution in [1.29, 1.82) is 0 Å². The fourth-order valence-electron chi connectivity index (χ4n) is 1.41. The molecule has 0 fully saturated rings. The van der Waals surface area contributed by atoms with E-state index in [9.17, 15) is 8.78 Å². The molecule has 0 spiro atoms. The molecule has 0 aliphatic rings. The Morgan fingerprint density at radius 1 is 1.53 bits per heavy atom. The average Bonchev–Trinajstić information content (AvgIpc) is 2.51. The first-order chi connectivity index (χ1) is 6.84. The molecule has 1 aromatic heterocycles. The molecule has 1 atom stereocenters. The minimum Gasteiger partial charge on any atom is -0.320 e. The largest absolute Gasteiger partial charge is 0.320 e. The molecule has 86 valence electrons. The highest BCUT2D eigenvalue weighted by Crippen LogP contribution is 2.19. The van der Waals surface area contributed by atoms with Crippen LogP contribution in [-0.4, -0.2) is 21.7 Å². The first-order valence-corrected chi connectivity index (χ1v) is 4.94. The minimum atomic E-state index is -2.53. The highest BCUT2D eigenvalue weighted by atomic mass is 19.3. The van der Waals surface area contributed by atoms with Gasteiger partial charge in [0.25, 0.3) is 6.43 Å². The van der Waals surface area contributed by atoms with Gasteiger partial charge in [-0.1, -0.05) is 0 Å². The van der Waals surface area contributed by atoms with Gasteiger partial charge in [0, 0.05) is 24.4 Å². The summed E-state index contributed by atoms with van der Waals surface area (Å²) < 4.78 is 26.9. The van der Waals surface area contributed by atoms with Crippen molar-refractivity contribution in [1.82, 2.24) is 9.78 Å². The summed E-state index contributed by atoms with van der Waals surface area (Å²) in [6.07, 6.45) is -0.798. The number of halogens is 2. The molecule has 5 heteroatoms. The minimum absolute atomic E-state index is 0.128. The van der Waals surface area contributed by atoms with Crippen molar-refractivity contribution in [3.05, 3.63) is 18.0 Å². The Kier molecular flexibility index (Phi) is 3.44. The van der Waals surface area contributed by atoms with E-state index in [1.54, 1.807) is 16.9 Å². The quantitative estimate of drug-likeness (QED) is 0.838. The molecule has 0 radical (unpaired) electrons. The van der Waals surface area contributed by atoms with Gasteiger partial charge in [0.1, 0.15) is 0 Å². The third kappa shape index (κ3) is 2.75. The van der Waals surface area contributed by atoms with Gasteiger partial charge in [-0.25, -0.2) is 8.78 Å².